The molecule has 100 valence electrons. The number of aryl methyl sites for hydroxylation is 2. The van der Waals surface area contributed by atoms with Gasteiger partial charge in [-0.3, -0.25) is 0 Å². The lowest BCUT2D eigenvalue weighted by molar-refractivity contribution is 0.573. The van der Waals surface area contributed by atoms with Gasteiger partial charge in [-0.25, -0.2) is 0 Å². The van der Waals surface area contributed by atoms with E-state index in [1.165, 1.54) is 35.1 Å². The van der Waals surface area contributed by atoms with Crippen molar-refractivity contribution < 1.29 is 0 Å². The fraction of sp³-hybridized carbons (Fsp3) is 0.412. The predicted octanol–water partition coefficient (Wildman–Crippen LogP) is 3.43. The van der Waals surface area contributed by atoms with Crippen molar-refractivity contribution in [3.63, 3.8) is 0 Å². The van der Waals surface area contributed by atoms with Crippen LogP contribution in [0, 0.1) is 0 Å². The fourth-order valence-electron chi connectivity index (χ4n) is 2.97. The molecule has 1 aliphatic carbocycles. The summed E-state index contributed by atoms with van der Waals surface area (Å²) in [6, 6.07) is 9.16. The molecule has 0 saturated heterocycles. The van der Waals surface area contributed by atoms with Crippen LogP contribution in [0.1, 0.15) is 48.1 Å². The summed E-state index contributed by atoms with van der Waals surface area (Å²) in [7, 11) is 0. The average Bonchev–Trinajstić information content (AvgIpc) is 2.84. The Labute approximate surface area is 115 Å². The van der Waals surface area contributed by atoms with E-state index in [9.17, 15) is 0 Å². The van der Waals surface area contributed by atoms with Gasteiger partial charge in [0, 0.05) is 25.0 Å². The number of hydrogen-bond acceptors (Lipinski definition) is 1. The molecular weight excluding hydrogens is 232 g/mol. The van der Waals surface area contributed by atoms with Crippen molar-refractivity contribution in [2.75, 3.05) is 0 Å². The average molecular weight is 254 g/mol. The first-order chi connectivity index (χ1) is 9.26. The van der Waals surface area contributed by atoms with E-state index >= 15 is 0 Å². The van der Waals surface area contributed by atoms with Gasteiger partial charge in [0.25, 0.3) is 0 Å². The molecule has 0 amide bonds. The van der Waals surface area contributed by atoms with E-state index in [4.69, 9.17) is 5.73 Å². The zero-order valence-corrected chi connectivity index (χ0v) is 11.6. The molecule has 0 aliphatic heterocycles. The predicted molar refractivity (Wildman–Crippen MR) is 79.2 cm³/mol. The van der Waals surface area contributed by atoms with Crippen molar-refractivity contribution >= 4 is 0 Å². The van der Waals surface area contributed by atoms with Gasteiger partial charge in [0.2, 0.25) is 0 Å². The molecule has 1 unspecified atom stereocenters. The van der Waals surface area contributed by atoms with Crippen LogP contribution in [-0.4, -0.2) is 4.57 Å². The van der Waals surface area contributed by atoms with E-state index in [1.807, 2.05) is 0 Å². The van der Waals surface area contributed by atoms with Crippen molar-refractivity contribution in [1.82, 2.24) is 4.57 Å². The maximum atomic E-state index is 6.18. The van der Waals surface area contributed by atoms with Gasteiger partial charge in [0.15, 0.2) is 0 Å². The molecule has 1 heterocycles. The Kier molecular flexibility index (Phi) is 3.43. The molecule has 0 radical (unpaired) electrons. The van der Waals surface area contributed by atoms with E-state index in [0.29, 0.717) is 0 Å². The standard InChI is InChI=1S/C17H22N2/c1-2-13-6-8-14(9-7-13)10-19-11-15-4-3-5-17(18)16(15)12-19/h6-9,11-12,17H,2-5,10,18H2,1H3. The zero-order valence-electron chi connectivity index (χ0n) is 11.6. The quantitative estimate of drug-likeness (QED) is 0.893. The second-order valence-corrected chi connectivity index (χ2v) is 5.58. The maximum absolute atomic E-state index is 6.18. The van der Waals surface area contributed by atoms with E-state index < -0.39 is 0 Å². The highest BCUT2D eigenvalue weighted by Crippen LogP contribution is 2.28. The van der Waals surface area contributed by atoms with Crippen LogP contribution in [0.4, 0.5) is 0 Å². The summed E-state index contributed by atoms with van der Waals surface area (Å²) in [6.45, 7) is 3.14. The van der Waals surface area contributed by atoms with Gasteiger partial charge in [-0.05, 0) is 47.9 Å². The van der Waals surface area contributed by atoms with Gasteiger partial charge in [0.05, 0.1) is 0 Å². The Morgan fingerprint density at radius 1 is 1.16 bits per heavy atom. The van der Waals surface area contributed by atoms with Crippen molar-refractivity contribution in [2.24, 2.45) is 5.73 Å². The van der Waals surface area contributed by atoms with Crippen molar-refractivity contribution in [3.8, 4) is 0 Å². The number of fused-ring (bicyclic) bond motifs is 1. The highest BCUT2D eigenvalue weighted by atomic mass is 14.9. The third-order valence-corrected chi connectivity index (χ3v) is 4.15. The molecule has 1 aliphatic rings. The molecule has 2 nitrogen and oxygen atoms in total. The molecule has 0 bridgehead atoms. The smallest absolute Gasteiger partial charge is 0.0470 e. The van der Waals surface area contributed by atoms with Gasteiger partial charge in [-0.1, -0.05) is 31.2 Å². The molecule has 19 heavy (non-hydrogen) atoms. The highest BCUT2D eigenvalue weighted by molar-refractivity contribution is 5.31. The Bertz CT molecular complexity index is 551. The minimum atomic E-state index is 0.243. The fourth-order valence-corrected chi connectivity index (χ4v) is 2.97. The zero-order chi connectivity index (χ0) is 13.2. The van der Waals surface area contributed by atoms with Gasteiger partial charge in [-0.15, -0.1) is 0 Å². The van der Waals surface area contributed by atoms with E-state index in [0.717, 1.165) is 19.4 Å². The summed E-state index contributed by atoms with van der Waals surface area (Å²) in [6.07, 6.45) is 9.17. The molecule has 0 spiro atoms. The van der Waals surface area contributed by atoms with Crippen LogP contribution in [-0.2, 0) is 19.4 Å². The third kappa shape index (κ3) is 2.59. The number of hydrogen-bond donors (Lipinski definition) is 1. The van der Waals surface area contributed by atoms with Crippen LogP contribution in [0.5, 0.6) is 0 Å². The largest absolute Gasteiger partial charge is 0.349 e. The first-order valence-corrected chi connectivity index (χ1v) is 7.28. The number of nitrogens with two attached hydrogens (primary N) is 1. The maximum Gasteiger partial charge on any atom is 0.0470 e. The first kappa shape index (κ1) is 12.5. The summed E-state index contributed by atoms with van der Waals surface area (Å²) >= 11 is 0. The molecular formula is C17H22N2. The van der Waals surface area contributed by atoms with Crippen LogP contribution < -0.4 is 5.73 Å². The number of aromatic nitrogens is 1. The van der Waals surface area contributed by atoms with E-state index in [2.05, 4.69) is 48.1 Å². The van der Waals surface area contributed by atoms with Gasteiger partial charge in [0.1, 0.15) is 0 Å². The molecule has 2 aromatic rings. The first-order valence-electron chi connectivity index (χ1n) is 7.28. The monoisotopic (exact) mass is 254 g/mol. The molecule has 2 heteroatoms. The Balaban J connectivity index is 1.79. The molecule has 1 aromatic carbocycles. The summed E-state index contributed by atoms with van der Waals surface area (Å²) in [5.41, 5.74) is 11.7. The van der Waals surface area contributed by atoms with Gasteiger partial charge >= 0.3 is 0 Å². The molecule has 0 fully saturated rings. The minimum absolute atomic E-state index is 0.243. The normalized spacial score (nSPS) is 18.3. The van der Waals surface area contributed by atoms with Crippen molar-refractivity contribution in [3.05, 3.63) is 58.9 Å². The Morgan fingerprint density at radius 2 is 1.89 bits per heavy atom. The third-order valence-electron chi connectivity index (χ3n) is 4.15. The lowest BCUT2D eigenvalue weighted by Gasteiger charge is -2.17. The van der Waals surface area contributed by atoms with Crippen LogP contribution in [0.25, 0.3) is 0 Å². The van der Waals surface area contributed by atoms with Crippen LogP contribution in [0.2, 0.25) is 0 Å². The van der Waals surface area contributed by atoms with E-state index in [1.54, 1.807) is 0 Å². The van der Waals surface area contributed by atoms with Crippen LogP contribution in [0.15, 0.2) is 36.7 Å². The molecule has 3 rings (SSSR count). The van der Waals surface area contributed by atoms with Gasteiger partial charge < -0.3 is 10.3 Å². The lowest BCUT2D eigenvalue weighted by Crippen LogP contribution is -2.15. The number of rotatable bonds is 3. The van der Waals surface area contributed by atoms with Crippen molar-refractivity contribution in [2.45, 2.75) is 45.2 Å². The second kappa shape index (κ2) is 5.22. The lowest BCUT2D eigenvalue weighted by atomic mass is 9.92. The second-order valence-electron chi connectivity index (χ2n) is 5.58. The summed E-state index contributed by atoms with van der Waals surface area (Å²) < 4.78 is 2.29. The van der Waals surface area contributed by atoms with Gasteiger partial charge in [-0.2, -0.15) is 0 Å². The van der Waals surface area contributed by atoms with Crippen molar-refractivity contribution in [1.29, 1.82) is 0 Å². The molecule has 1 aromatic heterocycles. The molecule has 1 atom stereocenters. The molecule has 0 saturated carbocycles. The highest BCUT2D eigenvalue weighted by Gasteiger charge is 2.18. The van der Waals surface area contributed by atoms with E-state index in [-0.39, 0.29) is 6.04 Å². The SMILES string of the molecule is CCc1ccc(Cn2cc3c(c2)C(N)CCC3)cc1. The van der Waals surface area contributed by atoms with Crippen LogP contribution in [0.3, 0.4) is 0 Å². The number of nitrogens with zero attached hydrogens (tertiary/aromatic N) is 1. The Morgan fingerprint density at radius 3 is 2.58 bits per heavy atom. The molecule has 2 N–H and O–H groups in total. The number of benzene rings is 1. The van der Waals surface area contributed by atoms with Crippen LogP contribution >= 0.6 is 0 Å². The summed E-state index contributed by atoms with van der Waals surface area (Å²) in [5, 5.41) is 0. The summed E-state index contributed by atoms with van der Waals surface area (Å²) in [4.78, 5) is 0. The summed E-state index contributed by atoms with van der Waals surface area (Å²) in [5.74, 6) is 0. The minimum Gasteiger partial charge on any atom is -0.349 e. The topological polar surface area (TPSA) is 30.9 Å². The Hall–Kier alpha value is -1.54.